The van der Waals surface area contributed by atoms with Gasteiger partial charge in [0.05, 0.1) is 0 Å². The number of likely N-dealkylation sites (tertiary alicyclic amines) is 1. The van der Waals surface area contributed by atoms with Gasteiger partial charge in [0.15, 0.2) is 5.96 Å². The van der Waals surface area contributed by atoms with Crippen molar-refractivity contribution in [1.29, 1.82) is 0 Å². The predicted octanol–water partition coefficient (Wildman–Crippen LogP) is 3.69. The van der Waals surface area contributed by atoms with Gasteiger partial charge in [0.25, 0.3) is 0 Å². The lowest BCUT2D eigenvalue weighted by Gasteiger charge is -2.38. The van der Waals surface area contributed by atoms with Crippen LogP contribution in [0.25, 0.3) is 0 Å². The summed E-state index contributed by atoms with van der Waals surface area (Å²) in [7, 11) is 0. The average Bonchev–Trinajstić information content (AvgIpc) is 3.11. The Kier molecular flexibility index (Phi) is 3.82. The van der Waals surface area contributed by atoms with Crippen molar-refractivity contribution >= 4 is 5.96 Å². The quantitative estimate of drug-likeness (QED) is 0.681. The monoisotopic (exact) mass is 311 g/mol. The van der Waals surface area contributed by atoms with Gasteiger partial charge in [0.1, 0.15) is 0 Å². The lowest BCUT2D eigenvalue weighted by atomic mass is 9.68. The fraction of sp³-hybridized carbons (Fsp3) is 0.650. The van der Waals surface area contributed by atoms with E-state index in [1.54, 1.807) is 0 Å². The molecule has 1 aliphatic heterocycles. The fourth-order valence-electron chi connectivity index (χ4n) is 4.45. The summed E-state index contributed by atoms with van der Waals surface area (Å²) in [5.41, 5.74) is 3.57. The van der Waals surface area contributed by atoms with Gasteiger partial charge in [0.2, 0.25) is 0 Å². The first-order valence-corrected chi connectivity index (χ1v) is 9.32. The largest absolute Gasteiger partial charge is 0.353 e. The van der Waals surface area contributed by atoms with Crippen LogP contribution in [0.15, 0.2) is 29.3 Å². The molecule has 4 rings (SSSR count). The van der Waals surface area contributed by atoms with Crippen molar-refractivity contribution in [2.24, 2.45) is 10.4 Å². The Morgan fingerprint density at radius 1 is 1.30 bits per heavy atom. The maximum atomic E-state index is 4.79. The van der Waals surface area contributed by atoms with Gasteiger partial charge in [-0.1, -0.05) is 30.7 Å². The zero-order valence-corrected chi connectivity index (χ0v) is 14.5. The number of nitrogens with one attached hydrogen (secondary N) is 1. The molecule has 3 heteroatoms. The van der Waals surface area contributed by atoms with E-state index in [9.17, 15) is 0 Å². The molecule has 3 aliphatic rings. The standard InChI is InChI=1S/C20H29N3/c1-3-21-19(23-12-11-20(14-23)9-6-10-20)22-18-13-17(18)16-8-5-4-7-15(16)2/h4-5,7-8,17-18H,3,6,9-14H2,1-2H3,(H,21,22). The number of nitrogens with zero attached hydrogens (tertiary/aromatic N) is 2. The Morgan fingerprint density at radius 2 is 2.13 bits per heavy atom. The van der Waals surface area contributed by atoms with Crippen molar-refractivity contribution in [3.63, 3.8) is 0 Å². The molecule has 1 spiro atoms. The first kappa shape index (κ1) is 15.0. The maximum absolute atomic E-state index is 4.79. The van der Waals surface area contributed by atoms with Crippen molar-refractivity contribution < 1.29 is 0 Å². The van der Waals surface area contributed by atoms with E-state index < -0.39 is 0 Å². The van der Waals surface area contributed by atoms with Crippen LogP contribution in [-0.2, 0) is 0 Å². The van der Waals surface area contributed by atoms with Crippen molar-refractivity contribution in [3.8, 4) is 0 Å². The Labute approximate surface area is 140 Å². The van der Waals surface area contributed by atoms with Gasteiger partial charge < -0.3 is 10.2 Å². The van der Waals surface area contributed by atoms with E-state index in [1.807, 2.05) is 0 Å². The second-order valence-corrected chi connectivity index (χ2v) is 7.77. The van der Waals surface area contributed by atoms with Crippen LogP contribution < -0.4 is 5.32 Å². The predicted molar refractivity (Wildman–Crippen MR) is 95.9 cm³/mol. The van der Waals surface area contributed by atoms with E-state index in [0.717, 1.165) is 12.5 Å². The zero-order valence-electron chi connectivity index (χ0n) is 14.5. The van der Waals surface area contributed by atoms with Crippen LogP contribution in [0.3, 0.4) is 0 Å². The number of benzene rings is 1. The second kappa shape index (κ2) is 5.85. The maximum Gasteiger partial charge on any atom is 0.194 e. The highest BCUT2D eigenvalue weighted by Crippen LogP contribution is 2.48. The summed E-state index contributed by atoms with van der Waals surface area (Å²) in [6.45, 7) is 7.65. The molecule has 3 fully saturated rings. The lowest BCUT2D eigenvalue weighted by molar-refractivity contribution is 0.151. The summed E-state index contributed by atoms with van der Waals surface area (Å²) >= 11 is 0. The van der Waals surface area contributed by atoms with E-state index in [1.165, 1.54) is 56.3 Å². The number of hydrogen-bond acceptors (Lipinski definition) is 1. The van der Waals surface area contributed by atoms with Gasteiger partial charge >= 0.3 is 0 Å². The molecule has 124 valence electrons. The molecule has 2 saturated carbocycles. The summed E-state index contributed by atoms with van der Waals surface area (Å²) in [6, 6.07) is 9.39. The first-order valence-electron chi connectivity index (χ1n) is 9.32. The number of rotatable bonds is 3. The minimum Gasteiger partial charge on any atom is -0.353 e. The molecule has 1 N–H and O–H groups in total. The van der Waals surface area contributed by atoms with Crippen LogP contribution in [0.5, 0.6) is 0 Å². The smallest absolute Gasteiger partial charge is 0.194 e. The third-order valence-corrected chi connectivity index (χ3v) is 6.15. The van der Waals surface area contributed by atoms with E-state index in [2.05, 4.69) is 48.3 Å². The van der Waals surface area contributed by atoms with Crippen molar-refractivity contribution in [2.75, 3.05) is 19.6 Å². The third kappa shape index (κ3) is 2.86. The highest BCUT2D eigenvalue weighted by atomic mass is 15.3. The SMILES string of the molecule is CCN=C(NC1CC1c1ccccc1C)N1CCC2(CCC2)C1. The molecule has 3 nitrogen and oxygen atoms in total. The van der Waals surface area contributed by atoms with E-state index in [4.69, 9.17) is 4.99 Å². The van der Waals surface area contributed by atoms with Gasteiger partial charge in [-0.15, -0.1) is 0 Å². The molecule has 0 bridgehead atoms. The van der Waals surface area contributed by atoms with E-state index in [-0.39, 0.29) is 0 Å². The van der Waals surface area contributed by atoms with Gasteiger partial charge in [-0.2, -0.15) is 0 Å². The molecular weight excluding hydrogens is 282 g/mol. The topological polar surface area (TPSA) is 27.6 Å². The molecule has 2 aliphatic carbocycles. The highest BCUT2D eigenvalue weighted by molar-refractivity contribution is 5.81. The Bertz CT molecular complexity index is 603. The Hall–Kier alpha value is -1.51. The normalized spacial score (nSPS) is 28.8. The van der Waals surface area contributed by atoms with Crippen LogP contribution in [0.4, 0.5) is 0 Å². The van der Waals surface area contributed by atoms with Crippen LogP contribution in [0.2, 0.25) is 0 Å². The van der Waals surface area contributed by atoms with E-state index >= 15 is 0 Å². The summed E-state index contributed by atoms with van der Waals surface area (Å²) in [5, 5.41) is 3.77. The molecule has 2 unspecified atom stereocenters. The summed E-state index contributed by atoms with van der Waals surface area (Å²) in [6.07, 6.45) is 6.89. The highest BCUT2D eigenvalue weighted by Gasteiger charge is 2.45. The lowest BCUT2D eigenvalue weighted by Crippen LogP contribution is -2.43. The van der Waals surface area contributed by atoms with Gasteiger partial charge in [-0.3, -0.25) is 4.99 Å². The molecule has 0 aromatic heterocycles. The van der Waals surface area contributed by atoms with E-state index in [0.29, 0.717) is 17.4 Å². The Balaban J connectivity index is 1.41. The second-order valence-electron chi connectivity index (χ2n) is 7.77. The van der Waals surface area contributed by atoms with Crippen LogP contribution in [0.1, 0.15) is 56.1 Å². The van der Waals surface area contributed by atoms with Gasteiger partial charge in [-0.25, -0.2) is 0 Å². The molecular formula is C20H29N3. The summed E-state index contributed by atoms with van der Waals surface area (Å²) < 4.78 is 0. The molecule has 2 atom stereocenters. The Morgan fingerprint density at radius 3 is 2.78 bits per heavy atom. The minimum atomic E-state index is 0.569. The van der Waals surface area contributed by atoms with Crippen LogP contribution >= 0.6 is 0 Å². The summed E-state index contributed by atoms with van der Waals surface area (Å²) in [5.74, 6) is 1.83. The molecule has 0 radical (unpaired) electrons. The number of aliphatic imine (C=N–C) groups is 1. The van der Waals surface area contributed by atoms with Crippen molar-refractivity contribution in [2.45, 2.75) is 57.9 Å². The number of guanidine groups is 1. The van der Waals surface area contributed by atoms with Crippen molar-refractivity contribution in [3.05, 3.63) is 35.4 Å². The minimum absolute atomic E-state index is 0.569. The van der Waals surface area contributed by atoms with Crippen LogP contribution in [-0.4, -0.2) is 36.5 Å². The zero-order chi connectivity index (χ0) is 15.9. The molecule has 0 amide bonds. The first-order chi connectivity index (χ1) is 11.2. The van der Waals surface area contributed by atoms with Gasteiger partial charge in [0, 0.05) is 31.6 Å². The van der Waals surface area contributed by atoms with Crippen molar-refractivity contribution in [1.82, 2.24) is 10.2 Å². The molecule has 1 aromatic carbocycles. The average molecular weight is 311 g/mol. The number of hydrogen-bond donors (Lipinski definition) is 1. The fourth-order valence-corrected chi connectivity index (χ4v) is 4.45. The third-order valence-electron chi connectivity index (χ3n) is 6.15. The summed E-state index contributed by atoms with van der Waals surface area (Å²) in [4.78, 5) is 7.32. The van der Waals surface area contributed by atoms with Gasteiger partial charge in [-0.05, 0) is 56.1 Å². The molecule has 1 aromatic rings. The van der Waals surface area contributed by atoms with Crippen LogP contribution in [0, 0.1) is 12.3 Å². The molecule has 23 heavy (non-hydrogen) atoms. The molecule has 1 heterocycles. The molecule has 1 saturated heterocycles. The number of aryl methyl sites for hydroxylation is 1.